The maximum absolute atomic E-state index is 12.5. The molecule has 0 bridgehead atoms. The fraction of sp³-hybridized carbons (Fsp3) is 0.875. The van der Waals surface area contributed by atoms with Crippen molar-refractivity contribution >= 4 is 11.9 Å². The Morgan fingerprint density at radius 1 is 1.05 bits per heavy atom. The predicted molar refractivity (Wildman–Crippen MR) is 75.3 cm³/mol. The Morgan fingerprint density at radius 2 is 1.60 bits per heavy atom. The van der Waals surface area contributed by atoms with Crippen LogP contribution in [0.1, 0.15) is 71.6 Å². The van der Waals surface area contributed by atoms with E-state index in [9.17, 15) is 14.7 Å². The molecule has 1 N–H and O–H groups in total. The van der Waals surface area contributed by atoms with E-state index in [2.05, 4.69) is 0 Å². The van der Waals surface area contributed by atoms with Gasteiger partial charge in [0.15, 0.2) is 5.41 Å². The molecule has 0 aliphatic heterocycles. The zero-order chi connectivity index (χ0) is 14.8. The molecule has 2 saturated carbocycles. The quantitative estimate of drug-likeness (QED) is 0.633. The highest BCUT2D eigenvalue weighted by atomic mass is 16.6. The number of aliphatic carboxylic acids is 1. The summed E-state index contributed by atoms with van der Waals surface area (Å²) in [5.41, 5.74) is -1.84. The van der Waals surface area contributed by atoms with Crippen LogP contribution in [-0.2, 0) is 14.3 Å². The van der Waals surface area contributed by atoms with Crippen LogP contribution in [0.2, 0.25) is 0 Å². The second kappa shape index (κ2) is 5.74. The van der Waals surface area contributed by atoms with Crippen LogP contribution in [0.4, 0.5) is 0 Å². The molecule has 4 nitrogen and oxygen atoms in total. The van der Waals surface area contributed by atoms with Gasteiger partial charge in [0.05, 0.1) is 0 Å². The molecule has 114 valence electrons. The van der Waals surface area contributed by atoms with Gasteiger partial charge in [-0.05, 0) is 45.4 Å². The van der Waals surface area contributed by atoms with E-state index in [1.807, 2.05) is 13.8 Å². The zero-order valence-corrected chi connectivity index (χ0v) is 12.6. The first-order chi connectivity index (χ1) is 9.38. The van der Waals surface area contributed by atoms with Crippen LogP contribution in [0.3, 0.4) is 0 Å². The fourth-order valence-electron chi connectivity index (χ4n) is 3.70. The lowest BCUT2D eigenvalue weighted by Crippen LogP contribution is -2.45. The third-order valence-corrected chi connectivity index (χ3v) is 5.20. The van der Waals surface area contributed by atoms with Gasteiger partial charge in [-0.1, -0.05) is 32.1 Å². The highest BCUT2D eigenvalue weighted by Crippen LogP contribution is 2.42. The van der Waals surface area contributed by atoms with Gasteiger partial charge in [-0.3, -0.25) is 9.59 Å². The molecule has 2 fully saturated rings. The maximum atomic E-state index is 12.5. The molecule has 0 unspecified atom stereocenters. The Morgan fingerprint density at radius 3 is 2.10 bits per heavy atom. The van der Waals surface area contributed by atoms with Crippen molar-refractivity contribution in [1.29, 1.82) is 0 Å². The first kappa shape index (κ1) is 15.3. The van der Waals surface area contributed by atoms with Gasteiger partial charge in [0.25, 0.3) is 0 Å². The summed E-state index contributed by atoms with van der Waals surface area (Å²) in [5, 5.41) is 9.44. The first-order valence-electron chi connectivity index (χ1n) is 7.85. The molecule has 20 heavy (non-hydrogen) atoms. The molecule has 0 amide bonds. The monoisotopic (exact) mass is 282 g/mol. The summed E-state index contributed by atoms with van der Waals surface area (Å²) in [6, 6.07) is 0. The van der Waals surface area contributed by atoms with Gasteiger partial charge in [-0.2, -0.15) is 0 Å². The van der Waals surface area contributed by atoms with Crippen LogP contribution in [0, 0.1) is 11.3 Å². The van der Waals surface area contributed by atoms with E-state index in [0.717, 1.165) is 25.7 Å². The van der Waals surface area contributed by atoms with Crippen molar-refractivity contribution in [3.63, 3.8) is 0 Å². The van der Waals surface area contributed by atoms with Gasteiger partial charge in [-0.15, -0.1) is 0 Å². The largest absolute Gasteiger partial charge is 0.480 e. The molecule has 4 heteroatoms. The van der Waals surface area contributed by atoms with Gasteiger partial charge in [0, 0.05) is 0 Å². The molecular formula is C16H26O4. The van der Waals surface area contributed by atoms with Crippen LogP contribution >= 0.6 is 0 Å². The van der Waals surface area contributed by atoms with E-state index in [1.54, 1.807) is 0 Å². The molecule has 0 aromatic rings. The molecule has 2 aliphatic carbocycles. The minimum absolute atomic E-state index is 0.354. The van der Waals surface area contributed by atoms with Crippen molar-refractivity contribution < 1.29 is 19.4 Å². The number of carboxylic acids is 1. The Bertz CT molecular complexity index is 374. The highest BCUT2D eigenvalue weighted by Gasteiger charge is 2.51. The summed E-state index contributed by atoms with van der Waals surface area (Å²) in [6.07, 6.45) is 8.17. The Labute approximate surface area is 120 Å². The topological polar surface area (TPSA) is 63.6 Å². The van der Waals surface area contributed by atoms with E-state index in [-0.39, 0.29) is 0 Å². The number of carboxylic acid groups (broad SMARTS) is 1. The fourth-order valence-corrected chi connectivity index (χ4v) is 3.70. The van der Waals surface area contributed by atoms with Gasteiger partial charge in [0.2, 0.25) is 0 Å². The molecule has 0 radical (unpaired) electrons. The number of carbonyl (C=O) groups is 2. The third kappa shape index (κ3) is 2.84. The minimum atomic E-state index is -1.29. The number of hydrogen-bond donors (Lipinski definition) is 1. The normalized spacial score (nSPS) is 23.5. The maximum Gasteiger partial charge on any atom is 0.324 e. The van der Waals surface area contributed by atoms with E-state index < -0.39 is 23.0 Å². The summed E-state index contributed by atoms with van der Waals surface area (Å²) in [5.74, 6) is -1.18. The molecule has 0 atom stereocenters. The average molecular weight is 282 g/mol. The van der Waals surface area contributed by atoms with Gasteiger partial charge in [0.1, 0.15) is 5.60 Å². The first-order valence-corrected chi connectivity index (χ1v) is 7.85. The number of esters is 1. The van der Waals surface area contributed by atoms with Gasteiger partial charge < -0.3 is 9.84 Å². The molecule has 0 heterocycles. The predicted octanol–water partition coefficient (Wildman–Crippen LogP) is 3.53. The Balaban J connectivity index is 2.07. The summed E-state index contributed by atoms with van der Waals surface area (Å²) in [6.45, 7) is 3.87. The standard InChI is InChI=1S/C16H26O4/c1-15(2,12-8-4-3-5-9-12)20-14(19)16(13(17)18)10-6-7-11-16/h12H,3-11H2,1-2H3,(H,17,18). The second-order valence-corrected chi connectivity index (χ2v) is 6.92. The van der Waals surface area contributed by atoms with Crippen molar-refractivity contribution in [3.8, 4) is 0 Å². The summed E-state index contributed by atoms with van der Waals surface area (Å²) < 4.78 is 5.71. The number of hydrogen-bond acceptors (Lipinski definition) is 3. The molecule has 0 saturated heterocycles. The van der Waals surface area contributed by atoms with E-state index in [0.29, 0.717) is 18.8 Å². The minimum Gasteiger partial charge on any atom is -0.480 e. The number of rotatable bonds is 4. The van der Waals surface area contributed by atoms with Crippen molar-refractivity contribution in [2.75, 3.05) is 0 Å². The second-order valence-electron chi connectivity index (χ2n) is 6.92. The van der Waals surface area contributed by atoms with Crippen molar-refractivity contribution in [1.82, 2.24) is 0 Å². The van der Waals surface area contributed by atoms with Crippen molar-refractivity contribution in [2.24, 2.45) is 11.3 Å². The molecule has 0 aromatic carbocycles. The van der Waals surface area contributed by atoms with Crippen LogP contribution in [0.15, 0.2) is 0 Å². The lowest BCUT2D eigenvalue weighted by Gasteiger charge is -2.38. The lowest BCUT2D eigenvalue weighted by atomic mass is 9.78. The summed E-state index contributed by atoms with van der Waals surface area (Å²) in [7, 11) is 0. The Kier molecular flexibility index (Phi) is 4.40. The lowest BCUT2D eigenvalue weighted by molar-refractivity contribution is -0.182. The smallest absolute Gasteiger partial charge is 0.324 e. The highest BCUT2D eigenvalue weighted by molar-refractivity contribution is 5.99. The van der Waals surface area contributed by atoms with E-state index in [4.69, 9.17) is 4.74 Å². The summed E-state index contributed by atoms with van der Waals surface area (Å²) in [4.78, 5) is 24.0. The van der Waals surface area contributed by atoms with Gasteiger partial charge >= 0.3 is 11.9 Å². The Hall–Kier alpha value is -1.06. The average Bonchev–Trinajstić information content (AvgIpc) is 2.90. The van der Waals surface area contributed by atoms with Crippen LogP contribution in [0.25, 0.3) is 0 Å². The van der Waals surface area contributed by atoms with Crippen LogP contribution in [-0.4, -0.2) is 22.6 Å². The molecule has 2 rings (SSSR count). The molecular weight excluding hydrogens is 256 g/mol. The van der Waals surface area contributed by atoms with E-state index in [1.165, 1.54) is 19.3 Å². The van der Waals surface area contributed by atoms with E-state index >= 15 is 0 Å². The van der Waals surface area contributed by atoms with Crippen LogP contribution < -0.4 is 0 Å². The summed E-state index contributed by atoms with van der Waals surface area (Å²) >= 11 is 0. The van der Waals surface area contributed by atoms with Crippen LogP contribution in [0.5, 0.6) is 0 Å². The third-order valence-electron chi connectivity index (χ3n) is 5.20. The number of carbonyl (C=O) groups excluding carboxylic acids is 1. The SMILES string of the molecule is CC(C)(OC(=O)C1(C(=O)O)CCCC1)C1CCCCC1. The van der Waals surface area contributed by atoms with Crippen molar-refractivity contribution in [3.05, 3.63) is 0 Å². The molecule has 0 spiro atoms. The molecule has 0 aromatic heterocycles. The molecule has 2 aliphatic rings. The van der Waals surface area contributed by atoms with Crippen molar-refractivity contribution in [2.45, 2.75) is 77.2 Å². The van der Waals surface area contributed by atoms with Gasteiger partial charge in [-0.25, -0.2) is 0 Å². The number of ether oxygens (including phenoxy) is 1. The zero-order valence-electron chi connectivity index (χ0n) is 12.6.